The molecule has 0 aromatic heterocycles. The highest BCUT2D eigenvalue weighted by molar-refractivity contribution is 5.75. The Labute approximate surface area is 101 Å². The first-order chi connectivity index (χ1) is 8.20. The van der Waals surface area contributed by atoms with Crippen LogP contribution < -0.4 is 0 Å². The molecule has 0 fully saturated rings. The van der Waals surface area contributed by atoms with E-state index in [1.807, 2.05) is 0 Å². The first-order valence-corrected chi connectivity index (χ1v) is 5.19. The van der Waals surface area contributed by atoms with Gasteiger partial charge in [0.15, 0.2) is 0 Å². The topological polar surface area (TPSA) is 17.1 Å². The summed E-state index contributed by atoms with van der Waals surface area (Å²) in [7, 11) is 0. The van der Waals surface area contributed by atoms with Gasteiger partial charge in [0.1, 0.15) is 5.78 Å². The highest BCUT2D eigenvalue weighted by atomic mass is 19.4. The summed E-state index contributed by atoms with van der Waals surface area (Å²) in [5.74, 6) is -0.203. The van der Waals surface area contributed by atoms with Gasteiger partial charge in [-0.2, -0.15) is 13.2 Å². The van der Waals surface area contributed by atoms with Crippen LogP contribution in [0.2, 0.25) is 0 Å². The molecule has 1 nitrogen and oxygen atoms in total. The Kier molecular flexibility index (Phi) is 4.43. The fourth-order valence-electron chi connectivity index (χ4n) is 1.47. The van der Waals surface area contributed by atoms with Crippen LogP contribution in [0.3, 0.4) is 0 Å². The monoisotopic (exact) mass is 266 g/mol. The zero-order valence-corrected chi connectivity index (χ0v) is 9.52. The molecule has 0 amide bonds. The van der Waals surface area contributed by atoms with E-state index < -0.39 is 23.7 Å². The van der Waals surface area contributed by atoms with Crippen molar-refractivity contribution < 1.29 is 26.7 Å². The molecule has 0 bridgehead atoms. The van der Waals surface area contributed by atoms with Crippen molar-refractivity contribution >= 4 is 5.78 Å². The summed E-state index contributed by atoms with van der Waals surface area (Å²) in [6.45, 7) is 1.29. The van der Waals surface area contributed by atoms with E-state index in [1.54, 1.807) is 0 Å². The SMILES string of the molecule is CC(=O)CCc1cc(C(F)F)cc(C(F)(F)F)c1. The van der Waals surface area contributed by atoms with E-state index in [-0.39, 0.29) is 24.2 Å². The Hall–Kier alpha value is -1.46. The Morgan fingerprint density at radius 1 is 1.22 bits per heavy atom. The molecule has 1 rings (SSSR count). The lowest BCUT2D eigenvalue weighted by atomic mass is 10.0. The first kappa shape index (κ1) is 14.6. The van der Waals surface area contributed by atoms with Crippen molar-refractivity contribution in [1.29, 1.82) is 0 Å². The molecule has 0 saturated heterocycles. The van der Waals surface area contributed by atoms with Crippen LogP contribution in [0.25, 0.3) is 0 Å². The van der Waals surface area contributed by atoms with E-state index in [9.17, 15) is 26.7 Å². The lowest BCUT2D eigenvalue weighted by Gasteiger charge is -2.11. The van der Waals surface area contributed by atoms with Gasteiger partial charge >= 0.3 is 6.18 Å². The van der Waals surface area contributed by atoms with Gasteiger partial charge in [-0.15, -0.1) is 0 Å². The zero-order chi connectivity index (χ0) is 13.9. The van der Waals surface area contributed by atoms with Gasteiger partial charge in [0.05, 0.1) is 5.56 Å². The van der Waals surface area contributed by atoms with Gasteiger partial charge in [0.25, 0.3) is 6.43 Å². The van der Waals surface area contributed by atoms with Crippen molar-refractivity contribution in [2.45, 2.75) is 32.4 Å². The molecule has 0 aliphatic heterocycles. The number of benzene rings is 1. The van der Waals surface area contributed by atoms with Gasteiger partial charge in [-0.3, -0.25) is 0 Å². The highest BCUT2D eigenvalue weighted by Crippen LogP contribution is 2.33. The number of halogens is 5. The minimum atomic E-state index is -4.67. The Morgan fingerprint density at radius 3 is 2.28 bits per heavy atom. The van der Waals surface area contributed by atoms with Crippen LogP contribution in [-0.2, 0) is 17.4 Å². The van der Waals surface area contributed by atoms with Crippen molar-refractivity contribution in [1.82, 2.24) is 0 Å². The summed E-state index contributed by atoms with van der Waals surface area (Å²) in [5, 5.41) is 0. The molecule has 0 atom stereocenters. The highest BCUT2D eigenvalue weighted by Gasteiger charge is 2.31. The maximum Gasteiger partial charge on any atom is 0.416 e. The normalized spacial score (nSPS) is 11.9. The standard InChI is InChI=1S/C12H11F5O/c1-7(18)2-3-8-4-9(11(13)14)6-10(5-8)12(15,16)17/h4-6,11H,2-3H2,1H3. The lowest BCUT2D eigenvalue weighted by Crippen LogP contribution is -2.07. The number of ketones is 1. The van der Waals surface area contributed by atoms with Gasteiger partial charge in [0, 0.05) is 12.0 Å². The molecule has 0 radical (unpaired) electrons. The summed E-state index contributed by atoms with van der Waals surface area (Å²) in [4.78, 5) is 10.7. The second-order valence-corrected chi connectivity index (χ2v) is 3.96. The summed E-state index contributed by atoms with van der Waals surface area (Å²) >= 11 is 0. The third kappa shape index (κ3) is 4.09. The van der Waals surface area contributed by atoms with Crippen LogP contribution in [0.1, 0.15) is 36.5 Å². The zero-order valence-electron chi connectivity index (χ0n) is 9.52. The summed E-state index contributed by atoms with van der Waals surface area (Å²) < 4.78 is 62.5. The number of aryl methyl sites for hydroxylation is 1. The predicted molar refractivity (Wildman–Crippen MR) is 55.4 cm³/mol. The van der Waals surface area contributed by atoms with Gasteiger partial charge < -0.3 is 4.79 Å². The van der Waals surface area contributed by atoms with Gasteiger partial charge in [0.2, 0.25) is 0 Å². The van der Waals surface area contributed by atoms with Crippen LogP contribution in [0.4, 0.5) is 22.0 Å². The maximum absolute atomic E-state index is 12.5. The number of hydrogen-bond donors (Lipinski definition) is 0. The number of carbonyl (C=O) groups excluding carboxylic acids is 1. The molecule has 0 saturated carbocycles. The van der Waals surface area contributed by atoms with E-state index in [1.165, 1.54) is 6.92 Å². The molecule has 1 aromatic carbocycles. The molecule has 0 unspecified atom stereocenters. The van der Waals surface area contributed by atoms with Crippen LogP contribution in [0, 0.1) is 0 Å². The predicted octanol–water partition coefficient (Wildman–Crippen LogP) is 4.16. The number of Topliss-reactive ketones (excluding diaryl/α,β-unsaturated/α-hetero) is 1. The molecule has 6 heteroatoms. The molecule has 0 aliphatic rings. The van der Waals surface area contributed by atoms with Crippen LogP contribution >= 0.6 is 0 Å². The Bertz CT molecular complexity index is 437. The summed E-state index contributed by atoms with van der Waals surface area (Å²) in [5.41, 5.74) is -1.70. The smallest absolute Gasteiger partial charge is 0.300 e. The lowest BCUT2D eigenvalue weighted by molar-refractivity contribution is -0.137. The van der Waals surface area contributed by atoms with E-state index in [0.717, 1.165) is 12.1 Å². The maximum atomic E-state index is 12.5. The molecule has 0 N–H and O–H groups in total. The minimum Gasteiger partial charge on any atom is -0.300 e. The first-order valence-electron chi connectivity index (χ1n) is 5.19. The number of carbonyl (C=O) groups is 1. The van der Waals surface area contributed by atoms with Crippen LogP contribution in [0.5, 0.6) is 0 Å². The Balaban J connectivity index is 3.10. The average molecular weight is 266 g/mol. The van der Waals surface area contributed by atoms with E-state index in [4.69, 9.17) is 0 Å². The number of rotatable bonds is 4. The number of alkyl halides is 5. The quantitative estimate of drug-likeness (QED) is 0.748. The fourth-order valence-corrected chi connectivity index (χ4v) is 1.47. The summed E-state index contributed by atoms with van der Waals surface area (Å²) in [6, 6.07) is 2.24. The van der Waals surface area contributed by atoms with Crippen molar-refractivity contribution in [3.05, 3.63) is 34.9 Å². The van der Waals surface area contributed by atoms with Crippen molar-refractivity contribution in [3.63, 3.8) is 0 Å². The second kappa shape index (κ2) is 5.46. The van der Waals surface area contributed by atoms with E-state index in [0.29, 0.717) is 6.07 Å². The van der Waals surface area contributed by atoms with Crippen LogP contribution in [0.15, 0.2) is 18.2 Å². The molecule has 0 aliphatic carbocycles. The second-order valence-electron chi connectivity index (χ2n) is 3.96. The largest absolute Gasteiger partial charge is 0.416 e. The third-order valence-electron chi connectivity index (χ3n) is 2.36. The molecule has 100 valence electrons. The molecular formula is C12H11F5O. The van der Waals surface area contributed by atoms with Crippen LogP contribution in [-0.4, -0.2) is 5.78 Å². The molecule has 0 heterocycles. The molecule has 1 aromatic rings. The van der Waals surface area contributed by atoms with Gasteiger partial charge in [-0.25, -0.2) is 8.78 Å². The van der Waals surface area contributed by atoms with Crippen molar-refractivity contribution in [3.8, 4) is 0 Å². The third-order valence-corrected chi connectivity index (χ3v) is 2.36. The number of hydrogen-bond acceptors (Lipinski definition) is 1. The van der Waals surface area contributed by atoms with Gasteiger partial charge in [-0.1, -0.05) is 6.07 Å². The summed E-state index contributed by atoms with van der Waals surface area (Å²) in [6.07, 6.45) is -7.58. The Morgan fingerprint density at radius 2 is 1.83 bits per heavy atom. The van der Waals surface area contributed by atoms with E-state index in [2.05, 4.69) is 0 Å². The van der Waals surface area contributed by atoms with E-state index >= 15 is 0 Å². The van der Waals surface area contributed by atoms with Crippen molar-refractivity contribution in [2.75, 3.05) is 0 Å². The average Bonchev–Trinajstić information content (AvgIpc) is 2.24. The van der Waals surface area contributed by atoms with Crippen molar-refractivity contribution in [2.24, 2.45) is 0 Å². The fraction of sp³-hybridized carbons (Fsp3) is 0.417. The van der Waals surface area contributed by atoms with Gasteiger partial charge in [-0.05, 0) is 31.0 Å². The molecule has 0 spiro atoms. The molecular weight excluding hydrogens is 255 g/mol. The molecule has 18 heavy (non-hydrogen) atoms. The minimum absolute atomic E-state index is 0.0268.